The fourth-order valence-corrected chi connectivity index (χ4v) is 1.68. The minimum absolute atomic E-state index is 0.322. The Hall–Kier alpha value is -2.24. The molecule has 0 aliphatic heterocycles. The van der Waals surface area contributed by atoms with Gasteiger partial charge in [-0.3, -0.25) is 10.1 Å². The van der Waals surface area contributed by atoms with Crippen LogP contribution in [0, 0.1) is 21.3 Å². The van der Waals surface area contributed by atoms with Crippen molar-refractivity contribution in [1.82, 2.24) is 0 Å². The maximum atomic E-state index is 13.3. The molecule has 1 N–H and O–H groups in total. The van der Waals surface area contributed by atoms with Crippen molar-refractivity contribution in [3.05, 3.63) is 45.8 Å². The number of hydrogen-bond acceptors (Lipinski definition) is 3. The second-order valence-electron chi connectivity index (χ2n) is 5.07. The van der Waals surface area contributed by atoms with E-state index in [2.05, 4.69) is 0 Å². The maximum Gasteiger partial charge on any atom is 0.328 e. The Balaban J connectivity index is 3.45. The van der Waals surface area contributed by atoms with Gasteiger partial charge in [-0.25, -0.2) is 4.79 Å². The molecular weight excluding hydrogens is 253 g/mol. The second kappa shape index (κ2) is 5.17. The SMILES string of the molecule is CC(C)(C)/C(=C\C(=O)O)c1ccc(F)c([N+](=O)[O-])c1. The van der Waals surface area contributed by atoms with Crippen LogP contribution in [-0.2, 0) is 4.79 Å². The third kappa shape index (κ3) is 3.61. The van der Waals surface area contributed by atoms with Crippen LogP contribution in [0.25, 0.3) is 5.57 Å². The molecule has 0 bridgehead atoms. The van der Waals surface area contributed by atoms with E-state index < -0.39 is 27.8 Å². The number of nitro groups is 1. The zero-order valence-corrected chi connectivity index (χ0v) is 10.8. The van der Waals surface area contributed by atoms with Gasteiger partial charge in [-0.1, -0.05) is 26.8 Å². The summed E-state index contributed by atoms with van der Waals surface area (Å²) in [5.41, 5.74) is -0.492. The average molecular weight is 267 g/mol. The number of halogens is 1. The van der Waals surface area contributed by atoms with Crippen molar-refractivity contribution in [1.29, 1.82) is 0 Å². The van der Waals surface area contributed by atoms with Crippen molar-refractivity contribution >= 4 is 17.2 Å². The lowest BCUT2D eigenvalue weighted by molar-refractivity contribution is -0.387. The van der Waals surface area contributed by atoms with Crippen molar-refractivity contribution < 1.29 is 19.2 Å². The summed E-state index contributed by atoms with van der Waals surface area (Å²) in [6.45, 7) is 5.32. The Morgan fingerprint density at radius 1 is 1.42 bits per heavy atom. The van der Waals surface area contributed by atoms with Crippen molar-refractivity contribution in [2.45, 2.75) is 20.8 Å². The van der Waals surface area contributed by atoms with Crippen LogP contribution < -0.4 is 0 Å². The molecule has 0 spiro atoms. The summed E-state index contributed by atoms with van der Waals surface area (Å²) in [5.74, 6) is -2.10. The van der Waals surface area contributed by atoms with Crippen LogP contribution in [0.15, 0.2) is 24.3 Å². The van der Waals surface area contributed by atoms with E-state index in [9.17, 15) is 19.3 Å². The molecule has 1 aromatic rings. The largest absolute Gasteiger partial charge is 0.478 e. The molecule has 1 rings (SSSR count). The van der Waals surface area contributed by atoms with Gasteiger partial charge in [0.1, 0.15) is 0 Å². The Morgan fingerprint density at radius 2 is 2.00 bits per heavy atom. The molecule has 0 amide bonds. The standard InChI is InChI=1S/C13H14FNO4/c1-13(2,3)9(7-12(16)17)8-4-5-10(14)11(6-8)15(18)19/h4-7H,1-3H3,(H,16,17)/b9-7-. The summed E-state index contributed by atoms with van der Waals surface area (Å²) in [6.07, 6.45) is 0.983. The molecule has 0 aromatic heterocycles. The molecule has 0 saturated carbocycles. The third-order valence-corrected chi connectivity index (χ3v) is 2.53. The highest BCUT2D eigenvalue weighted by Gasteiger charge is 2.23. The monoisotopic (exact) mass is 267 g/mol. The summed E-state index contributed by atoms with van der Waals surface area (Å²) in [6, 6.07) is 3.35. The number of allylic oxidation sites excluding steroid dienone is 1. The fraction of sp³-hybridized carbons (Fsp3) is 0.308. The molecule has 0 unspecified atom stereocenters. The van der Waals surface area contributed by atoms with Gasteiger partial charge >= 0.3 is 11.7 Å². The second-order valence-corrected chi connectivity index (χ2v) is 5.07. The molecule has 0 radical (unpaired) electrons. The van der Waals surface area contributed by atoms with Crippen LogP contribution in [0.4, 0.5) is 10.1 Å². The summed E-state index contributed by atoms with van der Waals surface area (Å²) >= 11 is 0. The predicted octanol–water partition coefficient (Wildman–Crippen LogP) is 3.25. The van der Waals surface area contributed by atoms with Crippen LogP contribution in [-0.4, -0.2) is 16.0 Å². The molecule has 6 heteroatoms. The zero-order chi connectivity index (χ0) is 14.8. The Bertz CT molecular complexity index is 558. The van der Waals surface area contributed by atoms with Crippen LogP contribution in [0.3, 0.4) is 0 Å². The van der Waals surface area contributed by atoms with E-state index in [0.717, 1.165) is 18.2 Å². The van der Waals surface area contributed by atoms with Crippen LogP contribution in [0.5, 0.6) is 0 Å². The Kier molecular flexibility index (Phi) is 4.04. The van der Waals surface area contributed by atoms with Crippen LogP contribution in [0.2, 0.25) is 0 Å². The van der Waals surface area contributed by atoms with Gasteiger partial charge in [0, 0.05) is 12.1 Å². The van der Waals surface area contributed by atoms with E-state index in [1.54, 1.807) is 20.8 Å². The first-order chi connectivity index (χ1) is 8.62. The molecule has 19 heavy (non-hydrogen) atoms. The van der Waals surface area contributed by atoms with E-state index in [-0.39, 0.29) is 0 Å². The first-order valence-electron chi connectivity index (χ1n) is 5.52. The highest BCUT2D eigenvalue weighted by atomic mass is 19.1. The molecule has 0 aliphatic rings. The van der Waals surface area contributed by atoms with Crippen molar-refractivity contribution in [3.63, 3.8) is 0 Å². The van der Waals surface area contributed by atoms with Crippen molar-refractivity contribution in [2.75, 3.05) is 0 Å². The highest BCUT2D eigenvalue weighted by molar-refractivity contribution is 5.91. The smallest absolute Gasteiger partial charge is 0.328 e. The predicted molar refractivity (Wildman–Crippen MR) is 68.1 cm³/mol. The molecular formula is C13H14FNO4. The molecule has 0 saturated heterocycles. The van der Waals surface area contributed by atoms with Gasteiger partial charge in [0.15, 0.2) is 0 Å². The number of nitrogens with zero attached hydrogens (tertiary/aromatic N) is 1. The number of benzene rings is 1. The minimum atomic E-state index is -1.16. The molecule has 0 atom stereocenters. The van der Waals surface area contributed by atoms with Crippen LogP contribution >= 0.6 is 0 Å². The molecule has 0 heterocycles. The van der Waals surface area contributed by atoms with Gasteiger partial charge in [0.05, 0.1) is 4.92 Å². The number of rotatable bonds is 3. The topological polar surface area (TPSA) is 80.4 Å². The number of nitro benzene ring substituents is 1. The summed E-state index contributed by atoms with van der Waals surface area (Å²) in [5, 5.41) is 19.6. The molecule has 5 nitrogen and oxygen atoms in total. The Morgan fingerprint density at radius 3 is 2.42 bits per heavy atom. The van der Waals surface area contributed by atoms with Gasteiger partial charge in [0.25, 0.3) is 0 Å². The Labute approximate surface area is 109 Å². The lowest BCUT2D eigenvalue weighted by Crippen LogP contribution is -2.11. The summed E-state index contributed by atoms with van der Waals surface area (Å²) in [4.78, 5) is 20.7. The number of hydrogen-bond donors (Lipinski definition) is 1. The number of carboxylic acid groups (broad SMARTS) is 1. The van der Waals surface area contributed by atoms with Crippen molar-refractivity contribution in [2.24, 2.45) is 5.41 Å². The first kappa shape index (κ1) is 14.8. The average Bonchev–Trinajstić information content (AvgIpc) is 2.24. The molecule has 0 fully saturated rings. The fourth-order valence-electron chi connectivity index (χ4n) is 1.68. The minimum Gasteiger partial charge on any atom is -0.478 e. The molecule has 1 aromatic carbocycles. The maximum absolute atomic E-state index is 13.3. The van der Waals surface area contributed by atoms with Gasteiger partial charge in [-0.05, 0) is 22.6 Å². The van der Waals surface area contributed by atoms with Gasteiger partial charge in [0.2, 0.25) is 5.82 Å². The summed E-state index contributed by atoms with van der Waals surface area (Å²) < 4.78 is 13.3. The van der Waals surface area contributed by atoms with Gasteiger partial charge < -0.3 is 5.11 Å². The lowest BCUT2D eigenvalue weighted by atomic mass is 9.81. The third-order valence-electron chi connectivity index (χ3n) is 2.53. The van der Waals surface area contributed by atoms with Crippen LogP contribution in [0.1, 0.15) is 26.3 Å². The number of aliphatic carboxylic acids is 1. The van der Waals surface area contributed by atoms with E-state index >= 15 is 0 Å². The molecule has 102 valence electrons. The van der Waals surface area contributed by atoms with E-state index in [4.69, 9.17) is 5.11 Å². The number of carboxylic acids is 1. The van der Waals surface area contributed by atoms with Gasteiger partial charge in [-0.15, -0.1) is 0 Å². The summed E-state index contributed by atoms with van der Waals surface area (Å²) in [7, 11) is 0. The molecule has 0 aliphatic carbocycles. The quantitative estimate of drug-likeness (QED) is 0.518. The lowest BCUT2D eigenvalue weighted by Gasteiger charge is -2.22. The zero-order valence-electron chi connectivity index (χ0n) is 10.8. The van der Waals surface area contributed by atoms with Gasteiger partial charge in [-0.2, -0.15) is 4.39 Å². The highest BCUT2D eigenvalue weighted by Crippen LogP contribution is 2.35. The van der Waals surface area contributed by atoms with E-state index in [1.807, 2.05) is 0 Å². The first-order valence-corrected chi connectivity index (χ1v) is 5.52. The van der Waals surface area contributed by atoms with Crippen molar-refractivity contribution in [3.8, 4) is 0 Å². The van der Waals surface area contributed by atoms with E-state index in [1.165, 1.54) is 6.07 Å². The normalized spacial score (nSPS) is 12.3. The number of carbonyl (C=O) groups is 1. The van der Waals surface area contributed by atoms with E-state index in [0.29, 0.717) is 11.1 Å².